The zero-order chi connectivity index (χ0) is 15.3. The van der Waals surface area contributed by atoms with E-state index in [1.807, 2.05) is 13.8 Å². The zero-order valence-electron chi connectivity index (χ0n) is 11.4. The van der Waals surface area contributed by atoms with E-state index < -0.39 is 16.7 Å². The molecular formula is C12H15N5O3. The van der Waals surface area contributed by atoms with Crippen LogP contribution < -0.4 is 10.6 Å². The van der Waals surface area contributed by atoms with Crippen molar-refractivity contribution in [1.82, 2.24) is 10.3 Å². The van der Waals surface area contributed by atoms with E-state index in [0.29, 0.717) is 0 Å². The number of nitro groups is 1. The summed E-state index contributed by atoms with van der Waals surface area (Å²) in [6.07, 6.45) is 1.28. The molecule has 0 aliphatic carbocycles. The van der Waals surface area contributed by atoms with Crippen molar-refractivity contribution in [2.45, 2.75) is 32.9 Å². The van der Waals surface area contributed by atoms with Crippen LogP contribution in [0.2, 0.25) is 0 Å². The summed E-state index contributed by atoms with van der Waals surface area (Å²) in [6.45, 7) is 5.17. The van der Waals surface area contributed by atoms with E-state index in [2.05, 4.69) is 15.6 Å². The largest absolute Gasteiger partial charge is 0.353 e. The van der Waals surface area contributed by atoms with Crippen LogP contribution in [0.25, 0.3) is 0 Å². The molecule has 0 spiro atoms. The molecule has 0 aliphatic heterocycles. The van der Waals surface area contributed by atoms with Gasteiger partial charge in [0.05, 0.1) is 4.92 Å². The number of nitrogens with zero attached hydrogens (tertiary/aromatic N) is 3. The predicted octanol–water partition coefficient (Wildman–Crippen LogP) is 1.19. The molecule has 1 atom stereocenters. The van der Waals surface area contributed by atoms with E-state index in [0.717, 1.165) is 0 Å². The number of aromatic nitrogens is 1. The summed E-state index contributed by atoms with van der Waals surface area (Å²) in [5.41, 5.74) is -0.539. The molecule has 0 aromatic carbocycles. The third kappa shape index (κ3) is 3.65. The second-order valence-electron chi connectivity index (χ2n) is 4.45. The quantitative estimate of drug-likeness (QED) is 0.615. The smallest absolute Gasteiger partial charge is 0.328 e. The first kappa shape index (κ1) is 15.4. The van der Waals surface area contributed by atoms with E-state index in [4.69, 9.17) is 5.26 Å². The molecule has 1 aromatic heterocycles. The Morgan fingerprint density at radius 2 is 2.15 bits per heavy atom. The molecule has 8 nitrogen and oxygen atoms in total. The number of hydrogen-bond acceptors (Lipinski definition) is 6. The number of carbonyl (C=O) groups excluding carboxylic acids is 1. The highest BCUT2D eigenvalue weighted by Gasteiger charge is 2.24. The fourth-order valence-corrected chi connectivity index (χ4v) is 1.51. The van der Waals surface area contributed by atoms with Crippen LogP contribution in [0.1, 0.15) is 26.3 Å². The van der Waals surface area contributed by atoms with Gasteiger partial charge in [0.2, 0.25) is 11.7 Å². The van der Waals surface area contributed by atoms with Gasteiger partial charge in [-0.05, 0) is 26.8 Å². The minimum atomic E-state index is -0.711. The third-order valence-corrected chi connectivity index (χ3v) is 2.40. The first-order valence-electron chi connectivity index (χ1n) is 5.97. The SMILES string of the molecule is CC(C)NC(=O)C(C)Nc1nccc(C#N)c1[N+](=O)[O-]. The maximum atomic E-state index is 11.8. The van der Waals surface area contributed by atoms with Gasteiger partial charge >= 0.3 is 5.69 Å². The molecule has 20 heavy (non-hydrogen) atoms. The molecule has 0 fully saturated rings. The van der Waals surface area contributed by atoms with Crippen molar-refractivity contribution in [3.63, 3.8) is 0 Å². The first-order valence-corrected chi connectivity index (χ1v) is 5.97. The molecule has 1 unspecified atom stereocenters. The van der Waals surface area contributed by atoms with Gasteiger partial charge in [0, 0.05) is 12.2 Å². The van der Waals surface area contributed by atoms with Crippen molar-refractivity contribution in [2.75, 3.05) is 5.32 Å². The van der Waals surface area contributed by atoms with Gasteiger partial charge in [-0.25, -0.2) is 4.98 Å². The first-order chi connectivity index (χ1) is 9.36. The van der Waals surface area contributed by atoms with Crippen LogP contribution in [0, 0.1) is 21.4 Å². The van der Waals surface area contributed by atoms with E-state index in [1.165, 1.54) is 12.3 Å². The standard InChI is InChI=1S/C12H15N5O3/c1-7(2)15-12(18)8(3)16-11-10(17(19)20)9(6-13)4-5-14-11/h4-5,7-8H,1-3H3,(H,14,16)(H,15,18). The molecule has 2 N–H and O–H groups in total. The Morgan fingerprint density at radius 1 is 1.50 bits per heavy atom. The molecule has 0 saturated carbocycles. The normalized spacial score (nSPS) is 11.6. The Bertz CT molecular complexity index is 565. The topological polar surface area (TPSA) is 121 Å². The average molecular weight is 277 g/mol. The summed E-state index contributed by atoms with van der Waals surface area (Å²) in [4.78, 5) is 25.9. The van der Waals surface area contributed by atoms with Crippen LogP contribution in [0.4, 0.5) is 11.5 Å². The van der Waals surface area contributed by atoms with Crippen LogP contribution in [0.5, 0.6) is 0 Å². The molecule has 1 heterocycles. The molecule has 0 bridgehead atoms. The Labute approximate surface area is 116 Å². The van der Waals surface area contributed by atoms with E-state index in [1.54, 1.807) is 13.0 Å². The fraction of sp³-hybridized carbons (Fsp3) is 0.417. The van der Waals surface area contributed by atoms with Gasteiger partial charge in [-0.3, -0.25) is 14.9 Å². The molecule has 1 aromatic rings. The van der Waals surface area contributed by atoms with Gasteiger partial charge in [0.1, 0.15) is 17.7 Å². The molecule has 1 amide bonds. The Hall–Kier alpha value is -2.69. The van der Waals surface area contributed by atoms with Crippen LogP contribution in [-0.2, 0) is 4.79 Å². The summed E-state index contributed by atoms with van der Waals surface area (Å²) in [6, 6.07) is 2.23. The summed E-state index contributed by atoms with van der Waals surface area (Å²) < 4.78 is 0. The van der Waals surface area contributed by atoms with Gasteiger partial charge in [-0.1, -0.05) is 0 Å². The van der Waals surface area contributed by atoms with Crippen molar-refractivity contribution in [2.24, 2.45) is 0 Å². The average Bonchev–Trinajstić information content (AvgIpc) is 2.37. The molecule has 1 rings (SSSR count). The van der Waals surface area contributed by atoms with Crippen molar-refractivity contribution in [3.8, 4) is 6.07 Å². The molecule has 0 saturated heterocycles. The predicted molar refractivity (Wildman–Crippen MR) is 72.0 cm³/mol. The lowest BCUT2D eigenvalue weighted by Crippen LogP contribution is -2.41. The Kier molecular flexibility index (Phi) is 4.97. The maximum absolute atomic E-state index is 11.8. The van der Waals surface area contributed by atoms with E-state index in [-0.39, 0.29) is 23.3 Å². The lowest BCUT2D eigenvalue weighted by atomic mass is 10.2. The van der Waals surface area contributed by atoms with E-state index >= 15 is 0 Å². The van der Waals surface area contributed by atoms with Crippen molar-refractivity contribution in [3.05, 3.63) is 27.9 Å². The fourth-order valence-electron chi connectivity index (χ4n) is 1.51. The van der Waals surface area contributed by atoms with E-state index in [9.17, 15) is 14.9 Å². The lowest BCUT2D eigenvalue weighted by molar-refractivity contribution is -0.384. The number of nitrogens with one attached hydrogen (secondary N) is 2. The number of carbonyl (C=O) groups is 1. The second-order valence-corrected chi connectivity index (χ2v) is 4.45. The number of rotatable bonds is 5. The molecule has 0 aliphatic rings. The number of amides is 1. The number of hydrogen-bond donors (Lipinski definition) is 2. The highest BCUT2D eigenvalue weighted by molar-refractivity contribution is 5.85. The highest BCUT2D eigenvalue weighted by Crippen LogP contribution is 2.26. The van der Waals surface area contributed by atoms with Crippen molar-refractivity contribution < 1.29 is 9.72 Å². The van der Waals surface area contributed by atoms with Gasteiger partial charge in [0.15, 0.2) is 0 Å². The van der Waals surface area contributed by atoms with Gasteiger partial charge in [0.25, 0.3) is 0 Å². The van der Waals surface area contributed by atoms with Crippen molar-refractivity contribution in [1.29, 1.82) is 5.26 Å². The van der Waals surface area contributed by atoms with Crippen molar-refractivity contribution >= 4 is 17.4 Å². The van der Waals surface area contributed by atoms with Crippen LogP contribution >= 0.6 is 0 Å². The monoisotopic (exact) mass is 277 g/mol. The molecule has 8 heteroatoms. The molecule has 0 radical (unpaired) electrons. The lowest BCUT2D eigenvalue weighted by Gasteiger charge is -2.16. The summed E-state index contributed by atoms with van der Waals surface area (Å²) in [5.74, 6) is -0.404. The number of nitriles is 1. The Morgan fingerprint density at radius 3 is 2.65 bits per heavy atom. The third-order valence-electron chi connectivity index (χ3n) is 2.40. The summed E-state index contributed by atoms with van der Waals surface area (Å²) in [5, 5.41) is 25.2. The van der Waals surface area contributed by atoms with Crippen LogP contribution in [-0.4, -0.2) is 27.9 Å². The van der Waals surface area contributed by atoms with Crippen LogP contribution in [0.15, 0.2) is 12.3 Å². The van der Waals surface area contributed by atoms with Gasteiger partial charge in [-0.2, -0.15) is 5.26 Å². The van der Waals surface area contributed by atoms with Gasteiger partial charge in [-0.15, -0.1) is 0 Å². The minimum absolute atomic E-state index is 0.0415. The Balaban J connectivity index is 3.01. The summed E-state index contributed by atoms with van der Waals surface area (Å²) >= 11 is 0. The molecule has 106 valence electrons. The maximum Gasteiger partial charge on any atom is 0.328 e. The number of pyridine rings is 1. The summed E-state index contributed by atoms with van der Waals surface area (Å²) in [7, 11) is 0. The zero-order valence-corrected chi connectivity index (χ0v) is 11.4. The molecular weight excluding hydrogens is 262 g/mol. The minimum Gasteiger partial charge on any atom is -0.353 e. The highest BCUT2D eigenvalue weighted by atomic mass is 16.6. The second kappa shape index (κ2) is 6.47. The van der Waals surface area contributed by atoms with Gasteiger partial charge < -0.3 is 10.6 Å². The number of anilines is 1. The van der Waals surface area contributed by atoms with Crippen LogP contribution in [0.3, 0.4) is 0 Å².